The minimum atomic E-state index is -0.165. The number of carbonyl (C=O) groups excluding carboxylic acids is 1. The van der Waals surface area contributed by atoms with Crippen molar-refractivity contribution in [3.05, 3.63) is 42.7 Å². The van der Waals surface area contributed by atoms with E-state index in [1.54, 1.807) is 20.5 Å². The number of amides is 2. The zero-order chi connectivity index (χ0) is 24.2. The first kappa shape index (κ1) is 23.0. The highest BCUT2D eigenvalue weighted by Crippen LogP contribution is 2.35. The lowest BCUT2D eigenvalue weighted by molar-refractivity contribution is 0.246. The summed E-state index contributed by atoms with van der Waals surface area (Å²) in [4.78, 5) is 26.2. The number of anilines is 3. The number of ether oxygens (including phenoxy) is 2. The summed E-state index contributed by atoms with van der Waals surface area (Å²) in [5.74, 6) is 2.17. The van der Waals surface area contributed by atoms with Gasteiger partial charge in [-0.2, -0.15) is 0 Å². The number of rotatable bonds is 6. The van der Waals surface area contributed by atoms with Crippen LogP contribution in [-0.4, -0.2) is 62.4 Å². The van der Waals surface area contributed by atoms with Crippen LogP contribution in [0.25, 0.3) is 10.9 Å². The van der Waals surface area contributed by atoms with Gasteiger partial charge in [0.1, 0.15) is 12.1 Å². The van der Waals surface area contributed by atoms with E-state index in [2.05, 4.69) is 42.5 Å². The third-order valence-corrected chi connectivity index (χ3v) is 6.85. The molecule has 0 aliphatic carbocycles. The Morgan fingerprint density at radius 1 is 0.914 bits per heavy atom. The number of fused-ring (bicyclic) bond motifs is 1. The zero-order valence-electron chi connectivity index (χ0n) is 20.3. The lowest BCUT2D eigenvalue weighted by Crippen LogP contribution is -2.46. The van der Waals surface area contributed by atoms with E-state index in [9.17, 15) is 4.79 Å². The van der Waals surface area contributed by atoms with Gasteiger partial charge in [-0.05, 0) is 56.0 Å². The molecule has 0 unspecified atom stereocenters. The van der Waals surface area contributed by atoms with Gasteiger partial charge in [0.15, 0.2) is 11.5 Å². The largest absolute Gasteiger partial charge is 0.493 e. The minimum Gasteiger partial charge on any atom is -0.493 e. The number of methoxy groups -OCH3 is 2. The first-order valence-corrected chi connectivity index (χ1v) is 12.2. The number of nitrogens with zero attached hydrogens (tertiary/aromatic N) is 4. The molecule has 5 rings (SSSR count). The molecule has 0 bridgehead atoms. The summed E-state index contributed by atoms with van der Waals surface area (Å²) in [6.45, 7) is 3.79. The van der Waals surface area contributed by atoms with Gasteiger partial charge in [0.2, 0.25) is 0 Å². The van der Waals surface area contributed by atoms with Crippen LogP contribution in [0.5, 0.6) is 11.5 Å². The second-order valence-corrected chi connectivity index (χ2v) is 9.02. The van der Waals surface area contributed by atoms with E-state index in [1.807, 2.05) is 24.3 Å². The standard InChI is InChI=1S/C26H32N6O3/c1-34-23-15-21-22(16-24(23)35-2)27-17-28-25(21)32-13-9-19(10-14-32)30-26(33)29-18-5-7-20(8-6-18)31-11-3-4-12-31/h5-8,15-17,19H,3-4,9-14H2,1-2H3,(H2,29,30,33). The highest BCUT2D eigenvalue weighted by molar-refractivity contribution is 5.92. The van der Waals surface area contributed by atoms with Crippen LogP contribution in [0, 0.1) is 0 Å². The first-order valence-electron chi connectivity index (χ1n) is 12.2. The van der Waals surface area contributed by atoms with Crippen LogP contribution >= 0.6 is 0 Å². The van der Waals surface area contributed by atoms with Gasteiger partial charge >= 0.3 is 6.03 Å². The third-order valence-electron chi connectivity index (χ3n) is 6.85. The lowest BCUT2D eigenvalue weighted by atomic mass is 10.0. The van der Waals surface area contributed by atoms with E-state index in [4.69, 9.17) is 9.47 Å². The van der Waals surface area contributed by atoms with E-state index in [0.29, 0.717) is 11.5 Å². The van der Waals surface area contributed by atoms with Crippen molar-refractivity contribution in [2.75, 3.05) is 55.5 Å². The Bertz CT molecular complexity index is 1170. The van der Waals surface area contributed by atoms with Crippen LogP contribution in [-0.2, 0) is 0 Å². The van der Waals surface area contributed by atoms with Crippen LogP contribution in [0.3, 0.4) is 0 Å². The van der Waals surface area contributed by atoms with Crippen molar-refractivity contribution in [2.45, 2.75) is 31.7 Å². The number of hydrogen-bond donors (Lipinski definition) is 2. The number of hydrogen-bond acceptors (Lipinski definition) is 7. The smallest absolute Gasteiger partial charge is 0.319 e. The number of aromatic nitrogens is 2. The van der Waals surface area contributed by atoms with E-state index in [-0.39, 0.29) is 12.1 Å². The number of nitrogens with one attached hydrogen (secondary N) is 2. The summed E-state index contributed by atoms with van der Waals surface area (Å²) in [5, 5.41) is 7.02. The summed E-state index contributed by atoms with van der Waals surface area (Å²) in [6.07, 6.45) is 5.74. The van der Waals surface area contributed by atoms with E-state index >= 15 is 0 Å². The average Bonchev–Trinajstić information content (AvgIpc) is 3.43. The monoisotopic (exact) mass is 476 g/mol. The topological polar surface area (TPSA) is 91.9 Å². The van der Waals surface area contributed by atoms with Gasteiger partial charge in [-0.25, -0.2) is 14.8 Å². The van der Waals surface area contributed by atoms with Gasteiger partial charge in [-0.1, -0.05) is 0 Å². The molecule has 3 heterocycles. The van der Waals surface area contributed by atoms with Crippen molar-refractivity contribution in [3.8, 4) is 11.5 Å². The first-order chi connectivity index (χ1) is 17.1. The third kappa shape index (κ3) is 5.03. The number of carbonyl (C=O) groups is 1. The average molecular weight is 477 g/mol. The molecule has 0 spiro atoms. The molecule has 9 heteroatoms. The molecule has 2 N–H and O–H groups in total. The Kier molecular flexibility index (Phi) is 6.74. The molecule has 9 nitrogen and oxygen atoms in total. The van der Waals surface area contributed by atoms with E-state index < -0.39 is 0 Å². The zero-order valence-corrected chi connectivity index (χ0v) is 20.3. The molecule has 35 heavy (non-hydrogen) atoms. The second kappa shape index (κ2) is 10.2. The minimum absolute atomic E-state index is 0.109. The maximum Gasteiger partial charge on any atom is 0.319 e. The van der Waals surface area contributed by atoms with Crippen molar-refractivity contribution in [3.63, 3.8) is 0 Å². The molecule has 1 aromatic heterocycles. The van der Waals surface area contributed by atoms with Crippen molar-refractivity contribution in [1.82, 2.24) is 15.3 Å². The molecule has 2 saturated heterocycles. The van der Waals surface area contributed by atoms with Crippen LogP contribution in [0.1, 0.15) is 25.7 Å². The van der Waals surface area contributed by atoms with Gasteiger partial charge in [-0.15, -0.1) is 0 Å². The van der Waals surface area contributed by atoms with Gasteiger partial charge < -0.3 is 29.9 Å². The molecule has 2 fully saturated rings. The summed E-state index contributed by atoms with van der Waals surface area (Å²) < 4.78 is 10.9. The fourth-order valence-corrected chi connectivity index (χ4v) is 4.94. The molecule has 3 aromatic rings. The summed E-state index contributed by atoms with van der Waals surface area (Å²) in [6, 6.07) is 11.8. The predicted octanol–water partition coefficient (Wildman–Crippen LogP) is 4.04. The molecular formula is C26H32N6O3. The van der Waals surface area contributed by atoms with Crippen LogP contribution in [0.4, 0.5) is 22.0 Å². The van der Waals surface area contributed by atoms with E-state index in [1.165, 1.54) is 18.5 Å². The van der Waals surface area contributed by atoms with Gasteiger partial charge in [0.25, 0.3) is 0 Å². The van der Waals surface area contributed by atoms with Crippen molar-refractivity contribution >= 4 is 34.1 Å². The number of piperidine rings is 1. The Hall–Kier alpha value is -3.75. The van der Waals surface area contributed by atoms with Crippen LogP contribution in [0.2, 0.25) is 0 Å². The van der Waals surface area contributed by atoms with Crippen LogP contribution in [0.15, 0.2) is 42.7 Å². The van der Waals surface area contributed by atoms with Gasteiger partial charge in [-0.3, -0.25) is 0 Å². The Balaban J connectivity index is 1.17. The number of benzene rings is 2. The molecule has 0 atom stereocenters. The normalized spacial score (nSPS) is 16.4. The number of urea groups is 1. The summed E-state index contributed by atoms with van der Waals surface area (Å²) in [7, 11) is 3.24. The molecule has 0 radical (unpaired) electrons. The summed E-state index contributed by atoms with van der Waals surface area (Å²) in [5.41, 5.74) is 2.83. The Labute approximate surface area is 205 Å². The molecule has 2 amide bonds. The van der Waals surface area contributed by atoms with Crippen LogP contribution < -0.4 is 29.9 Å². The summed E-state index contributed by atoms with van der Waals surface area (Å²) >= 11 is 0. The SMILES string of the molecule is COc1cc2ncnc(N3CCC(NC(=O)Nc4ccc(N5CCCC5)cc4)CC3)c2cc1OC. The van der Waals surface area contributed by atoms with Gasteiger partial charge in [0, 0.05) is 55.0 Å². The maximum atomic E-state index is 12.6. The quantitative estimate of drug-likeness (QED) is 0.555. The van der Waals surface area contributed by atoms with Crippen molar-refractivity contribution in [2.24, 2.45) is 0 Å². The Morgan fingerprint density at radius 3 is 2.29 bits per heavy atom. The van der Waals surface area contributed by atoms with Crippen molar-refractivity contribution < 1.29 is 14.3 Å². The molecule has 184 valence electrons. The van der Waals surface area contributed by atoms with Gasteiger partial charge in [0.05, 0.1) is 19.7 Å². The second-order valence-electron chi connectivity index (χ2n) is 9.02. The highest BCUT2D eigenvalue weighted by Gasteiger charge is 2.24. The molecular weight excluding hydrogens is 444 g/mol. The lowest BCUT2D eigenvalue weighted by Gasteiger charge is -2.33. The molecule has 2 aliphatic rings. The maximum absolute atomic E-state index is 12.6. The highest BCUT2D eigenvalue weighted by atomic mass is 16.5. The fourth-order valence-electron chi connectivity index (χ4n) is 4.94. The van der Waals surface area contributed by atoms with Crippen molar-refractivity contribution in [1.29, 1.82) is 0 Å². The molecule has 2 aliphatic heterocycles. The molecule has 2 aromatic carbocycles. The molecule has 0 saturated carbocycles. The van der Waals surface area contributed by atoms with E-state index in [0.717, 1.165) is 61.4 Å². The fraction of sp³-hybridized carbons (Fsp3) is 0.423. The predicted molar refractivity (Wildman–Crippen MR) is 138 cm³/mol. The Morgan fingerprint density at radius 2 is 1.60 bits per heavy atom.